The van der Waals surface area contributed by atoms with Crippen LogP contribution in [0.5, 0.6) is 0 Å². The molecular weight excluding hydrogens is 226 g/mol. The summed E-state index contributed by atoms with van der Waals surface area (Å²) in [6.07, 6.45) is 9.12. The number of nitrogens with zero attached hydrogens (tertiary/aromatic N) is 1. The SMILES string of the molecule is C=C/C(C)=C/C=C\C=NCCCS(=O)(=O)O. The van der Waals surface area contributed by atoms with Crippen molar-refractivity contribution in [3.8, 4) is 0 Å². The van der Waals surface area contributed by atoms with E-state index in [0.29, 0.717) is 13.0 Å². The number of allylic oxidation sites excluding steroid dienone is 5. The quantitative estimate of drug-likeness (QED) is 0.322. The maximum Gasteiger partial charge on any atom is 0.264 e. The normalized spacial score (nSPS) is 13.8. The van der Waals surface area contributed by atoms with Gasteiger partial charge in [-0.1, -0.05) is 30.4 Å². The second-order valence-electron chi connectivity index (χ2n) is 3.19. The van der Waals surface area contributed by atoms with Gasteiger partial charge in [0.1, 0.15) is 0 Å². The standard InChI is InChI=1S/C11H17NO3S/c1-3-11(2)7-4-5-8-12-9-6-10-16(13,14)15/h3-5,7-8H,1,6,9-10H2,2H3,(H,13,14,15)/b5-4-,11-7+,12-8?. The number of hydrogen-bond acceptors (Lipinski definition) is 3. The topological polar surface area (TPSA) is 66.7 Å². The Morgan fingerprint density at radius 3 is 2.69 bits per heavy atom. The third-order valence-corrected chi connectivity index (χ3v) is 2.48. The van der Waals surface area contributed by atoms with Crippen molar-refractivity contribution in [2.75, 3.05) is 12.3 Å². The highest BCUT2D eigenvalue weighted by molar-refractivity contribution is 7.85. The first kappa shape index (κ1) is 14.8. The zero-order valence-electron chi connectivity index (χ0n) is 9.33. The maximum absolute atomic E-state index is 10.3. The summed E-state index contributed by atoms with van der Waals surface area (Å²) < 4.78 is 29.1. The lowest BCUT2D eigenvalue weighted by Gasteiger charge is -1.92. The molecule has 90 valence electrons. The van der Waals surface area contributed by atoms with Gasteiger partial charge in [-0.15, -0.1) is 0 Å². The van der Waals surface area contributed by atoms with E-state index in [1.165, 1.54) is 0 Å². The molecule has 0 amide bonds. The number of hydrogen-bond donors (Lipinski definition) is 1. The summed E-state index contributed by atoms with van der Waals surface area (Å²) in [5.74, 6) is -0.246. The van der Waals surface area contributed by atoms with Gasteiger partial charge in [0, 0.05) is 12.8 Å². The van der Waals surface area contributed by atoms with Gasteiger partial charge in [0.05, 0.1) is 5.75 Å². The van der Waals surface area contributed by atoms with Gasteiger partial charge >= 0.3 is 0 Å². The minimum absolute atomic E-state index is 0.246. The molecular formula is C11H17NO3S. The molecule has 16 heavy (non-hydrogen) atoms. The molecule has 0 atom stereocenters. The van der Waals surface area contributed by atoms with Crippen LogP contribution >= 0.6 is 0 Å². The lowest BCUT2D eigenvalue weighted by atomic mass is 10.3. The van der Waals surface area contributed by atoms with Crippen molar-refractivity contribution in [1.29, 1.82) is 0 Å². The van der Waals surface area contributed by atoms with Crippen molar-refractivity contribution in [3.63, 3.8) is 0 Å². The van der Waals surface area contributed by atoms with Gasteiger partial charge in [-0.3, -0.25) is 9.55 Å². The van der Waals surface area contributed by atoms with Crippen LogP contribution in [0, 0.1) is 0 Å². The highest BCUT2D eigenvalue weighted by Crippen LogP contribution is 1.92. The van der Waals surface area contributed by atoms with Crippen LogP contribution in [0.15, 0.2) is 41.4 Å². The first-order valence-corrected chi connectivity index (χ1v) is 6.47. The van der Waals surface area contributed by atoms with E-state index in [4.69, 9.17) is 4.55 Å². The number of aliphatic imine (C=N–C) groups is 1. The average molecular weight is 243 g/mol. The Bertz CT molecular complexity index is 391. The zero-order valence-corrected chi connectivity index (χ0v) is 10.2. The summed E-state index contributed by atoms with van der Waals surface area (Å²) >= 11 is 0. The average Bonchev–Trinajstić information content (AvgIpc) is 2.20. The Balaban J connectivity index is 3.75. The lowest BCUT2D eigenvalue weighted by Crippen LogP contribution is -2.04. The Kier molecular flexibility index (Phi) is 7.41. The Morgan fingerprint density at radius 1 is 1.44 bits per heavy atom. The largest absolute Gasteiger partial charge is 0.293 e. The first-order valence-electron chi connectivity index (χ1n) is 4.86. The monoisotopic (exact) mass is 243 g/mol. The molecule has 0 radical (unpaired) electrons. The zero-order chi connectivity index (χ0) is 12.4. The predicted molar refractivity (Wildman–Crippen MR) is 67.5 cm³/mol. The molecule has 0 bridgehead atoms. The summed E-state index contributed by atoms with van der Waals surface area (Å²) in [5, 5.41) is 0. The molecule has 0 aliphatic rings. The van der Waals surface area contributed by atoms with Crippen LogP contribution in [0.3, 0.4) is 0 Å². The second kappa shape index (κ2) is 8.01. The van der Waals surface area contributed by atoms with Gasteiger partial charge in [-0.25, -0.2) is 0 Å². The smallest absolute Gasteiger partial charge is 0.264 e. The molecule has 0 saturated heterocycles. The molecule has 0 aromatic carbocycles. The summed E-state index contributed by atoms with van der Waals surface area (Å²) in [6.45, 7) is 5.92. The fourth-order valence-electron chi connectivity index (χ4n) is 0.799. The first-order chi connectivity index (χ1) is 7.45. The third kappa shape index (κ3) is 10.9. The highest BCUT2D eigenvalue weighted by Gasteiger charge is 2.01. The van der Waals surface area contributed by atoms with Gasteiger partial charge in [0.15, 0.2) is 0 Å². The molecule has 1 N–H and O–H groups in total. The van der Waals surface area contributed by atoms with Crippen molar-refractivity contribution in [3.05, 3.63) is 36.5 Å². The van der Waals surface area contributed by atoms with Crippen molar-refractivity contribution in [2.24, 2.45) is 4.99 Å². The van der Waals surface area contributed by atoms with E-state index in [0.717, 1.165) is 5.57 Å². The van der Waals surface area contributed by atoms with Crippen LogP contribution in [-0.4, -0.2) is 31.5 Å². The second-order valence-corrected chi connectivity index (χ2v) is 4.77. The van der Waals surface area contributed by atoms with Crippen molar-refractivity contribution in [1.82, 2.24) is 0 Å². The molecule has 0 aliphatic heterocycles. The van der Waals surface area contributed by atoms with Crippen LogP contribution < -0.4 is 0 Å². The minimum Gasteiger partial charge on any atom is -0.293 e. The fourth-order valence-corrected chi connectivity index (χ4v) is 1.29. The van der Waals surface area contributed by atoms with Gasteiger partial charge in [0.2, 0.25) is 0 Å². The van der Waals surface area contributed by atoms with E-state index in [9.17, 15) is 8.42 Å². The van der Waals surface area contributed by atoms with E-state index >= 15 is 0 Å². The van der Waals surface area contributed by atoms with Crippen LogP contribution in [0.4, 0.5) is 0 Å². The Hall–Kier alpha value is -1.20. The lowest BCUT2D eigenvalue weighted by molar-refractivity contribution is 0.481. The fraction of sp³-hybridized carbons (Fsp3) is 0.364. The third-order valence-electron chi connectivity index (χ3n) is 1.67. The van der Waals surface area contributed by atoms with E-state index in [1.54, 1.807) is 18.4 Å². The van der Waals surface area contributed by atoms with Crippen LogP contribution in [-0.2, 0) is 10.1 Å². The van der Waals surface area contributed by atoms with E-state index in [-0.39, 0.29) is 5.75 Å². The molecule has 0 unspecified atom stereocenters. The molecule has 0 fully saturated rings. The molecule has 0 heterocycles. The van der Waals surface area contributed by atoms with E-state index < -0.39 is 10.1 Å². The van der Waals surface area contributed by atoms with E-state index in [1.807, 2.05) is 19.1 Å². The minimum atomic E-state index is -3.85. The summed E-state index contributed by atoms with van der Waals surface area (Å²) in [6, 6.07) is 0. The van der Waals surface area contributed by atoms with Crippen molar-refractivity contribution in [2.45, 2.75) is 13.3 Å². The molecule has 4 nitrogen and oxygen atoms in total. The highest BCUT2D eigenvalue weighted by atomic mass is 32.2. The maximum atomic E-state index is 10.3. The van der Waals surface area contributed by atoms with Crippen molar-refractivity contribution < 1.29 is 13.0 Å². The van der Waals surface area contributed by atoms with Crippen LogP contribution in [0.1, 0.15) is 13.3 Å². The van der Waals surface area contributed by atoms with Gasteiger partial charge in [-0.2, -0.15) is 8.42 Å². The summed E-state index contributed by atoms with van der Waals surface area (Å²) in [5.41, 5.74) is 1.05. The number of rotatable bonds is 7. The van der Waals surface area contributed by atoms with Gasteiger partial charge in [0.25, 0.3) is 10.1 Å². The molecule has 5 heteroatoms. The molecule has 0 saturated carbocycles. The summed E-state index contributed by atoms with van der Waals surface area (Å²) in [4.78, 5) is 3.95. The van der Waals surface area contributed by atoms with E-state index in [2.05, 4.69) is 11.6 Å². The van der Waals surface area contributed by atoms with Gasteiger partial charge in [-0.05, 0) is 19.4 Å². The van der Waals surface area contributed by atoms with Gasteiger partial charge < -0.3 is 0 Å². The molecule has 0 rings (SSSR count). The molecule has 0 spiro atoms. The van der Waals surface area contributed by atoms with Crippen LogP contribution in [0.2, 0.25) is 0 Å². The van der Waals surface area contributed by atoms with Crippen LogP contribution in [0.25, 0.3) is 0 Å². The molecule has 0 aliphatic carbocycles. The Labute approximate surface area is 96.8 Å². The Morgan fingerprint density at radius 2 is 2.12 bits per heavy atom. The molecule has 0 aromatic heterocycles. The van der Waals surface area contributed by atoms with Crippen molar-refractivity contribution >= 4 is 16.3 Å². The summed E-state index contributed by atoms with van der Waals surface area (Å²) in [7, 11) is -3.85. The predicted octanol–water partition coefficient (Wildman–Crippen LogP) is 2.02. The molecule has 0 aromatic rings.